The summed E-state index contributed by atoms with van der Waals surface area (Å²) >= 11 is 6.01. The van der Waals surface area contributed by atoms with E-state index in [1.807, 2.05) is 6.08 Å². The van der Waals surface area contributed by atoms with Gasteiger partial charge in [0, 0.05) is 11.4 Å². The first-order chi connectivity index (χ1) is 12.1. The molecule has 1 heterocycles. The number of aliphatic hydroxyl groups excluding tert-OH is 1. The van der Waals surface area contributed by atoms with Gasteiger partial charge in [-0.3, -0.25) is 4.79 Å². The minimum atomic E-state index is -0.833. The molecule has 2 aromatic rings. The summed E-state index contributed by atoms with van der Waals surface area (Å²) in [5, 5.41) is 29.0. The average molecular weight is 376 g/mol. The van der Waals surface area contributed by atoms with E-state index < -0.39 is 11.4 Å². The van der Waals surface area contributed by atoms with Gasteiger partial charge in [-0.15, -0.1) is 15.0 Å². The number of benzene rings is 1. The Hall–Kier alpha value is -2.34. The molecule has 0 saturated carbocycles. The number of fused-ring (bicyclic) bond motifs is 1. The number of rotatable bonds is 4. The topological polar surface area (TPSA) is 88.2 Å². The molecule has 1 unspecified atom stereocenters. The lowest BCUT2D eigenvalue weighted by molar-refractivity contribution is -0.137. The molecule has 0 bridgehead atoms. The standard InChI is InChI=1S/C19H22ClN3O3/c1-18(2,3)19(9-7-17(25)26)8-6-16(24)15(11-19)23-21-13-5-4-12(20)10-14(13)22-23/h4-6,10-11,24H,7-9H2,1-3H3,(H,25,26). The van der Waals surface area contributed by atoms with E-state index in [1.54, 1.807) is 24.3 Å². The summed E-state index contributed by atoms with van der Waals surface area (Å²) in [6.07, 6.45) is 4.73. The van der Waals surface area contributed by atoms with Crippen LogP contribution in [0.3, 0.4) is 0 Å². The molecule has 0 aliphatic heterocycles. The normalized spacial score (nSPS) is 20.8. The number of hydrogen-bond donors (Lipinski definition) is 2. The van der Waals surface area contributed by atoms with Gasteiger partial charge in [-0.25, -0.2) is 0 Å². The molecule has 138 valence electrons. The van der Waals surface area contributed by atoms with E-state index in [9.17, 15) is 9.90 Å². The molecule has 6 nitrogen and oxygen atoms in total. The number of halogens is 1. The molecule has 0 amide bonds. The molecular formula is C19H22ClN3O3. The summed E-state index contributed by atoms with van der Waals surface area (Å²) in [6, 6.07) is 5.22. The maximum Gasteiger partial charge on any atom is 0.303 e. The van der Waals surface area contributed by atoms with Gasteiger partial charge < -0.3 is 10.2 Å². The Kier molecular flexibility index (Phi) is 4.56. The van der Waals surface area contributed by atoms with Crippen molar-refractivity contribution in [2.45, 2.75) is 40.0 Å². The molecule has 1 aliphatic rings. The van der Waals surface area contributed by atoms with Crippen LogP contribution in [0.1, 0.15) is 40.0 Å². The van der Waals surface area contributed by atoms with Gasteiger partial charge in [0.05, 0.1) is 0 Å². The predicted octanol–water partition coefficient (Wildman–Crippen LogP) is 4.67. The fourth-order valence-electron chi connectivity index (χ4n) is 3.34. The smallest absolute Gasteiger partial charge is 0.303 e. The molecule has 1 aromatic heterocycles. The van der Waals surface area contributed by atoms with E-state index in [0.717, 1.165) is 0 Å². The second-order valence-electron chi connectivity index (χ2n) is 7.75. The second-order valence-corrected chi connectivity index (χ2v) is 8.18. The first kappa shape index (κ1) is 18.5. The van der Waals surface area contributed by atoms with Gasteiger partial charge in [-0.05, 0) is 54.0 Å². The van der Waals surface area contributed by atoms with Crippen LogP contribution in [0.2, 0.25) is 5.02 Å². The molecule has 7 heteroatoms. The highest BCUT2D eigenvalue weighted by Crippen LogP contribution is 2.50. The fraction of sp³-hybridized carbons (Fsp3) is 0.421. The van der Waals surface area contributed by atoms with Crippen LogP contribution in [-0.4, -0.2) is 31.2 Å². The molecule has 26 heavy (non-hydrogen) atoms. The Morgan fingerprint density at radius 1 is 1.31 bits per heavy atom. The third kappa shape index (κ3) is 3.33. The summed E-state index contributed by atoms with van der Waals surface area (Å²) in [5.41, 5.74) is 1.12. The first-order valence-corrected chi connectivity index (χ1v) is 8.86. The van der Waals surface area contributed by atoms with Gasteiger partial charge >= 0.3 is 5.97 Å². The van der Waals surface area contributed by atoms with Crippen LogP contribution in [0.15, 0.2) is 36.1 Å². The monoisotopic (exact) mass is 375 g/mol. The van der Waals surface area contributed by atoms with Crippen LogP contribution < -0.4 is 0 Å². The van der Waals surface area contributed by atoms with Crippen molar-refractivity contribution in [3.8, 4) is 0 Å². The highest BCUT2D eigenvalue weighted by Gasteiger charge is 2.42. The van der Waals surface area contributed by atoms with Crippen LogP contribution in [0, 0.1) is 10.8 Å². The van der Waals surface area contributed by atoms with E-state index in [4.69, 9.17) is 16.7 Å². The number of carboxylic acid groups (broad SMARTS) is 1. The number of hydrogen-bond acceptors (Lipinski definition) is 4. The molecule has 1 aliphatic carbocycles. The molecule has 0 fully saturated rings. The number of aliphatic hydroxyl groups is 1. The summed E-state index contributed by atoms with van der Waals surface area (Å²) < 4.78 is 0. The first-order valence-electron chi connectivity index (χ1n) is 8.48. The van der Waals surface area contributed by atoms with E-state index in [1.165, 1.54) is 4.80 Å². The minimum absolute atomic E-state index is 0.0553. The number of aromatic nitrogens is 3. The number of carboxylic acids is 1. The Labute approximate surface area is 156 Å². The van der Waals surface area contributed by atoms with Crippen molar-refractivity contribution in [3.63, 3.8) is 0 Å². The highest BCUT2D eigenvalue weighted by atomic mass is 35.5. The summed E-state index contributed by atoms with van der Waals surface area (Å²) in [4.78, 5) is 12.5. The van der Waals surface area contributed by atoms with E-state index >= 15 is 0 Å². The zero-order chi connectivity index (χ0) is 19.1. The van der Waals surface area contributed by atoms with Gasteiger partial charge in [0.15, 0.2) is 0 Å². The average Bonchev–Trinajstić information content (AvgIpc) is 2.95. The lowest BCUT2D eigenvalue weighted by atomic mass is 9.60. The molecule has 1 atom stereocenters. The van der Waals surface area contributed by atoms with Crippen LogP contribution in [-0.2, 0) is 4.79 Å². The van der Waals surface area contributed by atoms with Crippen LogP contribution in [0.25, 0.3) is 16.7 Å². The van der Waals surface area contributed by atoms with Crippen LogP contribution in [0.5, 0.6) is 0 Å². The fourth-order valence-corrected chi connectivity index (χ4v) is 3.50. The number of nitrogens with zero attached hydrogens (tertiary/aromatic N) is 3. The Morgan fingerprint density at radius 3 is 2.65 bits per heavy atom. The maximum absolute atomic E-state index is 11.1. The van der Waals surface area contributed by atoms with Gasteiger partial charge in [0.1, 0.15) is 22.5 Å². The lowest BCUT2D eigenvalue weighted by Gasteiger charge is -2.44. The van der Waals surface area contributed by atoms with Crippen molar-refractivity contribution >= 4 is 34.3 Å². The molecule has 2 N–H and O–H groups in total. The predicted molar refractivity (Wildman–Crippen MR) is 101 cm³/mol. The SMILES string of the molecule is CC(C)(C)C1(CCC(=O)O)C=C(n2nc3ccc(Cl)cc3n2)C(O)=CC1. The van der Waals surface area contributed by atoms with Crippen molar-refractivity contribution in [3.05, 3.63) is 41.1 Å². The Morgan fingerprint density at radius 2 is 2.00 bits per heavy atom. The van der Waals surface area contributed by atoms with Gasteiger partial charge in [0.2, 0.25) is 0 Å². The molecule has 1 aromatic carbocycles. The number of aliphatic carboxylic acids is 1. The molecule has 0 saturated heterocycles. The van der Waals surface area contributed by atoms with Crippen molar-refractivity contribution in [2.75, 3.05) is 0 Å². The molecule has 3 rings (SSSR count). The number of allylic oxidation sites excluding steroid dienone is 3. The van der Waals surface area contributed by atoms with E-state index in [-0.39, 0.29) is 17.6 Å². The zero-order valence-electron chi connectivity index (χ0n) is 15.0. The van der Waals surface area contributed by atoms with Gasteiger partial charge in [-0.2, -0.15) is 0 Å². The molecular weight excluding hydrogens is 354 g/mol. The quantitative estimate of drug-likeness (QED) is 0.810. The second kappa shape index (κ2) is 6.43. The van der Waals surface area contributed by atoms with Crippen LogP contribution in [0.4, 0.5) is 0 Å². The van der Waals surface area contributed by atoms with E-state index in [0.29, 0.717) is 34.6 Å². The minimum Gasteiger partial charge on any atom is -0.506 e. The van der Waals surface area contributed by atoms with Crippen molar-refractivity contribution in [2.24, 2.45) is 10.8 Å². The van der Waals surface area contributed by atoms with Crippen molar-refractivity contribution < 1.29 is 15.0 Å². The number of carbonyl (C=O) groups is 1. The molecule has 0 spiro atoms. The van der Waals surface area contributed by atoms with Crippen molar-refractivity contribution in [1.82, 2.24) is 15.0 Å². The summed E-state index contributed by atoms with van der Waals surface area (Å²) in [7, 11) is 0. The Balaban J connectivity index is 2.09. The highest BCUT2D eigenvalue weighted by molar-refractivity contribution is 6.31. The molecule has 0 radical (unpaired) electrons. The Bertz CT molecular complexity index is 924. The largest absolute Gasteiger partial charge is 0.506 e. The van der Waals surface area contributed by atoms with Gasteiger partial charge in [-0.1, -0.05) is 32.4 Å². The van der Waals surface area contributed by atoms with E-state index in [2.05, 4.69) is 31.0 Å². The van der Waals surface area contributed by atoms with Crippen LogP contribution >= 0.6 is 11.6 Å². The van der Waals surface area contributed by atoms with Crippen molar-refractivity contribution in [1.29, 1.82) is 0 Å². The third-order valence-corrected chi connectivity index (χ3v) is 5.41. The third-order valence-electron chi connectivity index (χ3n) is 5.17. The summed E-state index contributed by atoms with van der Waals surface area (Å²) in [5.74, 6) is -0.744. The summed E-state index contributed by atoms with van der Waals surface area (Å²) in [6.45, 7) is 6.23. The lowest BCUT2D eigenvalue weighted by Crippen LogP contribution is -2.36. The van der Waals surface area contributed by atoms with Gasteiger partial charge in [0.25, 0.3) is 0 Å². The maximum atomic E-state index is 11.1. The zero-order valence-corrected chi connectivity index (χ0v) is 15.8.